The van der Waals surface area contributed by atoms with Crippen molar-refractivity contribution >= 4 is 70.1 Å². The second-order valence-electron chi connectivity index (χ2n) is 10.7. The van der Waals surface area contributed by atoms with Crippen molar-refractivity contribution in [3.05, 3.63) is 23.8 Å². The van der Waals surface area contributed by atoms with Crippen LogP contribution >= 0.6 is 46.4 Å². The van der Waals surface area contributed by atoms with E-state index in [1.807, 2.05) is 0 Å². The van der Waals surface area contributed by atoms with Gasteiger partial charge in [-0.05, 0) is 50.7 Å². The second kappa shape index (κ2) is 9.91. The summed E-state index contributed by atoms with van der Waals surface area (Å²) >= 11 is 22.9. The Hall–Kier alpha value is -1.39. The van der Waals surface area contributed by atoms with Crippen LogP contribution < -0.4 is 0 Å². The number of aliphatic hydroxyl groups excluding tert-OH is 1. The quantitative estimate of drug-likeness (QED) is 0.281. The van der Waals surface area contributed by atoms with E-state index in [-0.39, 0.29) is 18.6 Å². The van der Waals surface area contributed by atoms with Gasteiger partial charge >= 0.3 is 17.9 Å². The van der Waals surface area contributed by atoms with Crippen LogP contribution in [0.4, 0.5) is 4.39 Å². The number of esters is 3. The largest absolute Gasteiger partial charge is 0.466 e. The number of carbonyl (C=O) groups excluding carboxylic acids is 4. The summed E-state index contributed by atoms with van der Waals surface area (Å²) in [6.45, 7) is 3.17. The zero-order chi connectivity index (χ0) is 28.4. The average molecular weight is 616 g/mol. The number of aliphatic hydroxyl groups is 1. The Bertz CT molecular complexity index is 1130. The number of halogens is 5. The van der Waals surface area contributed by atoms with E-state index >= 15 is 4.39 Å². The van der Waals surface area contributed by atoms with Gasteiger partial charge in [0, 0.05) is 16.7 Å². The van der Waals surface area contributed by atoms with Crippen molar-refractivity contribution in [1.29, 1.82) is 0 Å². The fourth-order valence-corrected chi connectivity index (χ4v) is 7.64. The van der Waals surface area contributed by atoms with Crippen molar-refractivity contribution in [3.8, 4) is 0 Å². The standard InChI is InChI=1S/C25H27Cl4FO8/c1-22-7-6-12(31)8-11(22)4-5-13-14-9-16(37-19(33)17(26)27)25(21(35)36-3,38-20(34)18(28)29)23(14,2)10-15(32)24(13,22)30/h6-8,13-18,32H,4-5,9-10H2,1-3H3/t13-,14-,15-,16+,22-,23-,24-,25-/m0/s1. The molecule has 3 fully saturated rings. The van der Waals surface area contributed by atoms with Gasteiger partial charge in [-0.25, -0.2) is 18.8 Å². The van der Waals surface area contributed by atoms with Crippen LogP contribution in [-0.4, -0.2) is 69.1 Å². The molecule has 3 saturated carbocycles. The maximum atomic E-state index is 17.4. The topological polar surface area (TPSA) is 116 Å². The summed E-state index contributed by atoms with van der Waals surface area (Å²) in [7, 11) is 1.04. The van der Waals surface area contributed by atoms with Crippen LogP contribution in [0.5, 0.6) is 0 Å². The number of hydrogen-bond acceptors (Lipinski definition) is 8. The van der Waals surface area contributed by atoms with Gasteiger partial charge in [0.15, 0.2) is 17.6 Å². The maximum absolute atomic E-state index is 17.4. The van der Waals surface area contributed by atoms with E-state index in [0.29, 0.717) is 12.0 Å². The molecule has 0 unspecified atom stereocenters. The fraction of sp³-hybridized carbons (Fsp3) is 0.680. The van der Waals surface area contributed by atoms with E-state index in [0.717, 1.165) is 7.11 Å². The van der Waals surface area contributed by atoms with Gasteiger partial charge in [-0.15, -0.1) is 0 Å². The highest BCUT2D eigenvalue weighted by Gasteiger charge is 2.80. The van der Waals surface area contributed by atoms with Crippen LogP contribution in [0.25, 0.3) is 0 Å². The highest BCUT2D eigenvalue weighted by atomic mass is 35.5. The van der Waals surface area contributed by atoms with E-state index < -0.39 is 80.1 Å². The Morgan fingerprint density at radius 1 is 1.11 bits per heavy atom. The molecule has 4 aliphatic rings. The summed E-state index contributed by atoms with van der Waals surface area (Å²) in [5, 5.41) is 11.5. The fourth-order valence-electron chi connectivity index (χ4n) is 7.45. The Morgan fingerprint density at radius 2 is 1.74 bits per heavy atom. The average Bonchev–Trinajstić information content (AvgIpc) is 3.07. The molecule has 4 aliphatic carbocycles. The molecule has 13 heteroatoms. The summed E-state index contributed by atoms with van der Waals surface area (Å²) < 4.78 is 33.6. The van der Waals surface area contributed by atoms with Crippen LogP contribution in [0.2, 0.25) is 0 Å². The van der Waals surface area contributed by atoms with E-state index in [1.54, 1.807) is 13.8 Å². The third kappa shape index (κ3) is 3.94. The zero-order valence-corrected chi connectivity index (χ0v) is 23.7. The van der Waals surface area contributed by atoms with Gasteiger partial charge < -0.3 is 19.3 Å². The predicted molar refractivity (Wildman–Crippen MR) is 135 cm³/mol. The molecule has 0 aromatic rings. The van der Waals surface area contributed by atoms with Crippen molar-refractivity contribution in [1.82, 2.24) is 0 Å². The molecule has 0 aromatic heterocycles. The van der Waals surface area contributed by atoms with Gasteiger partial charge in [-0.2, -0.15) is 0 Å². The first-order valence-electron chi connectivity index (χ1n) is 12.0. The van der Waals surface area contributed by atoms with E-state index in [4.69, 9.17) is 60.6 Å². The van der Waals surface area contributed by atoms with Crippen molar-refractivity contribution < 1.29 is 42.9 Å². The molecule has 8 nitrogen and oxygen atoms in total. The van der Waals surface area contributed by atoms with E-state index in [9.17, 15) is 24.3 Å². The SMILES string of the molecule is COC(=O)[C@@]1(OC(=O)C(Cl)Cl)[C@H](OC(=O)C(Cl)Cl)C[C@H]2[C@@H]3CCC4=CC(=O)C=C[C@]4(C)[C@@]3(F)[C@@H](O)C[C@@]21C. The third-order valence-electron chi connectivity index (χ3n) is 9.17. The molecule has 0 amide bonds. The molecule has 210 valence electrons. The summed E-state index contributed by atoms with van der Waals surface area (Å²) in [4.78, 5) is 47.4. The number of carbonyl (C=O) groups is 4. The molecule has 38 heavy (non-hydrogen) atoms. The van der Waals surface area contributed by atoms with Crippen LogP contribution in [0.1, 0.15) is 39.5 Å². The monoisotopic (exact) mass is 614 g/mol. The number of alkyl halides is 5. The highest BCUT2D eigenvalue weighted by Crippen LogP contribution is 2.70. The molecule has 0 heterocycles. The van der Waals surface area contributed by atoms with E-state index in [1.165, 1.54) is 18.2 Å². The molecule has 1 N–H and O–H groups in total. The van der Waals surface area contributed by atoms with Crippen LogP contribution in [0.15, 0.2) is 23.8 Å². The van der Waals surface area contributed by atoms with Crippen molar-refractivity contribution in [2.24, 2.45) is 22.7 Å². The zero-order valence-electron chi connectivity index (χ0n) is 20.7. The van der Waals surface area contributed by atoms with Crippen molar-refractivity contribution in [3.63, 3.8) is 0 Å². The number of ketones is 1. The number of hydrogen-bond donors (Lipinski definition) is 1. The molecule has 0 saturated heterocycles. The Labute approximate surface area is 238 Å². The van der Waals surface area contributed by atoms with Gasteiger partial charge in [0.05, 0.1) is 13.2 Å². The Balaban J connectivity index is 1.90. The normalized spacial score (nSPS) is 41.7. The molecule has 4 rings (SSSR count). The minimum atomic E-state index is -2.36. The van der Waals surface area contributed by atoms with E-state index in [2.05, 4.69) is 0 Å². The second-order valence-corrected chi connectivity index (χ2v) is 12.9. The number of rotatable bonds is 5. The Morgan fingerprint density at radius 3 is 2.32 bits per heavy atom. The number of allylic oxidation sites excluding steroid dienone is 4. The molecule has 0 radical (unpaired) electrons. The minimum absolute atomic E-state index is 0.152. The summed E-state index contributed by atoms with van der Waals surface area (Å²) in [6.07, 6.45) is 0.923. The Kier molecular flexibility index (Phi) is 7.72. The lowest BCUT2D eigenvalue weighted by Crippen LogP contribution is -2.70. The molecular formula is C25H27Cl4FO8. The minimum Gasteiger partial charge on any atom is -0.466 e. The summed E-state index contributed by atoms with van der Waals surface area (Å²) in [5.74, 6) is -5.41. The molecule has 0 aliphatic heterocycles. The lowest BCUT2D eigenvalue weighted by molar-refractivity contribution is -0.240. The molecule has 0 spiro atoms. The molecule has 0 bridgehead atoms. The van der Waals surface area contributed by atoms with Gasteiger partial charge in [-0.3, -0.25) is 4.79 Å². The van der Waals surface area contributed by atoms with Crippen molar-refractivity contribution in [2.75, 3.05) is 7.11 Å². The molecule has 8 atom stereocenters. The smallest absolute Gasteiger partial charge is 0.354 e. The van der Waals surface area contributed by atoms with Gasteiger partial charge in [0.25, 0.3) is 5.60 Å². The molecule has 0 aromatic carbocycles. The lowest BCUT2D eigenvalue weighted by Gasteiger charge is -2.62. The lowest BCUT2D eigenvalue weighted by atomic mass is 9.45. The number of ether oxygens (including phenoxy) is 3. The van der Waals surface area contributed by atoms with Gasteiger partial charge in [0.2, 0.25) is 9.67 Å². The van der Waals surface area contributed by atoms with Gasteiger partial charge in [-0.1, -0.05) is 65.0 Å². The van der Waals surface area contributed by atoms with Crippen LogP contribution in [0, 0.1) is 22.7 Å². The third-order valence-corrected chi connectivity index (χ3v) is 9.88. The van der Waals surface area contributed by atoms with Crippen LogP contribution in [0.3, 0.4) is 0 Å². The maximum Gasteiger partial charge on any atom is 0.354 e. The number of fused-ring (bicyclic) bond motifs is 5. The molecular weight excluding hydrogens is 589 g/mol. The summed E-state index contributed by atoms with van der Waals surface area (Å²) in [6, 6.07) is 0. The first-order valence-corrected chi connectivity index (χ1v) is 13.7. The summed E-state index contributed by atoms with van der Waals surface area (Å²) in [5.41, 5.74) is -6.91. The predicted octanol–water partition coefficient (Wildman–Crippen LogP) is 3.94. The first-order chi connectivity index (χ1) is 17.6. The highest BCUT2D eigenvalue weighted by molar-refractivity contribution is 6.53. The van der Waals surface area contributed by atoms with Gasteiger partial charge in [0.1, 0.15) is 0 Å². The van der Waals surface area contributed by atoms with Crippen molar-refractivity contribution in [2.45, 2.75) is 72.7 Å². The first kappa shape index (κ1) is 29.6. The number of methoxy groups -OCH3 is 1. The van der Waals surface area contributed by atoms with Crippen LogP contribution in [-0.2, 0) is 33.4 Å².